The van der Waals surface area contributed by atoms with E-state index >= 15 is 0 Å². The van der Waals surface area contributed by atoms with E-state index in [9.17, 15) is 4.79 Å². The summed E-state index contributed by atoms with van der Waals surface area (Å²) < 4.78 is 0. The number of unbranched alkanes of at least 4 members (excludes halogenated alkanes) is 9. The van der Waals surface area contributed by atoms with Crippen molar-refractivity contribution in [1.82, 2.24) is 0 Å². The summed E-state index contributed by atoms with van der Waals surface area (Å²) in [5, 5.41) is 12.4. The van der Waals surface area contributed by atoms with Crippen LogP contribution in [0.3, 0.4) is 0 Å². The van der Waals surface area contributed by atoms with Gasteiger partial charge in [-0.1, -0.05) is 96.3 Å². The van der Waals surface area contributed by atoms with Crippen molar-refractivity contribution >= 4 is 49.3 Å². The molecule has 2 N–H and O–H groups in total. The summed E-state index contributed by atoms with van der Waals surface area (Å²) in [6.45, 7) is 8.31. The topological polar surface area (TPSA) is 49.3 Å². The van der Waals surface area contributed by atoms with Gasteiger partial charge in [0.25, 0.3) is 0 Å². The number of rotatable bonds is 17. The number of benzene rings is 1. The van der Waals surface area contributed by atoms with Gasteiger partial charge in [-0.2, -0.15) is 0 Å². The van der Waals surface area contributed by atoms with E-state index in [4.69, 9.17) is 5.11 Å². The van der Waals surface area contributed by atoms with E-state index in [1.165, 1.54) is 82.7 Å². The average molecular weight is 430 g/mol. The van der Waals surface area contributed by atoms with Gasteiger partial charge in [-0.05, 0) is 30.7 Å². The zero-order valence-electron chi connectivity index (χ0n) is 18.6. The van der Waals surface area contributed by atoms with Crippen molar-refractivity contribution in [2.24, 2.45) is 0 Å². The monoisotopic (exact) mass is 429 g/mol. The maximum atomic E-state index is 10.9. The molecule has 0 aliphatic carbocycles. The fourth-order valence-corrected chi connectivity index (χ4v) is 6.34. The number of anilines is 1. The van der Waals surface area contributed by atoms with Gasteiger partial charge >= 0.3 is 35.5 Å². The third-order valence-corrected chi connectivity index (χ3v) is 9.11. The van der Waals surface area contributed by atoms with E-state index in [2.05, 4.69) is 25.3 Å². The van der Waals surface area contributed by atoms with Gasteiger partial charge in [0.1, 0.15) is 0 Å². The first kappa shape index (κ1) is 28.7. The number of hydrogen-bond donors (Lipinski definition) is 2. The molecule has 0 aliphatic rings. The predicted octanol–water partition coefficient (Wildman–Crippen LogP) is 7.17. The number of nitrogens with one attached hydrogen (secondary N) is 1. The van der Waals surface area contributed by atoms with Crippen LogP contribution in [0.4, 0.5) is 5.69 Å². The molecule has 1 aromatic rings. The summed E-state index contributed by atoms with van der Waals surface area (Å²) in [5.41, 5.74) is 1.36. The first-order valence-electron chi connectivity index (χ1n) is 11.5. The van der Waals surface area contributed by atoms with Crippen molar-refractivity contribution < 1.29 is 9.90 Å². The fraction of sp³-hybridized carbons (Fsp3) is 0.708. The van der Waals surface area contributed by atoms with Crippen LogP contribution in [0.5, 0.6) is 0 Å². The molecule has 0 unspecified atom stereocenters. The van der Waals surface area contributed by atoms with Gasteiger partial charge < -0.3 is 10.4 Å². The Labute approximate surface area is 202 Å². The van der Waals surface area contributed by atoms with Crippen molar-refractivity contribution in [3.05, 3.63) is 29.8 Å². The van der Waals surface area contributed by atoms with E-state index in [1.807, 2.05) is 12.1 Å². The molecule has 0 saturated carbocycles. The van der Waals surface area contributed by atoms with E-state index in [0.29, 0.717) is 5.56 Å². The molecule has 29 heavy (non-hydrogen) atoms. The summed E-state index contributed by atoms with van der Waals surface area (Å²) in [5.74, 6) is -0.869. The van der Waals surface area contributed by atoms with Crippen LogP contribution in [0, 0.1) is 0 Å². The molecule has 0 bridgehead atoms. The number of hydrogen-bond acceptors (Lipinski definition) is 2. The molecule has 1 rings (SSSR count). The van der Waals surface area contributed by atoms with E-state index < -0.39 is 14.0 Å². The van der Waals surface area contributed by atoms with Gasteiger partial charge in [-0.15, -0.1) is 0 Å². The Bertz CT molecular complexity index is 534. The van der Waals surface area contributed by atoms with Gasteiger partial charge in [0.2, 0.25) is 0 Å². The van der Waals surface area contributed by atoms with Gasteiger partial charge in [0, 0.05) is 20.3 Å². The summed E-state index contributed by atoms with van der Waals surface area (Å²) >= 11 is 0. The van der Waals surface area contributed by atoms with Crippen LogP contribution in [-0.4, -0.2) is 55.3 Å². The molecule has 0 saturated heterocycles. The standard InChI is InChI=1S/C24H43NO2Si.Na.H/c1-4-5-6-7-8-9-10-11-12-13-20-28(2,3)21-14-19-25-23-17-15-22(16-18-23)24(26)27;;/h15-18,25H,4-14,19-21H2,1-3H3,(H,26,27);;. The molecule has 0 radical (unpaired) electrons. The van der Waals surface area contributed by atoms with Gasteiger partial charge in [-0.3, -0.25) is 0 Å². The Balaban J connectivity index is 0.00000784. The van der Waals surface area contributed by atoms with Gasteiger partial charge in [0.05, 0.1) is 5.56 Å². The van der Waals surface area contributed by atoms with Crippen LogP contribution in [0.15, 0.2) is 24.3 Å². The molecule has 162 valence electrons. The Morgan fingerprint density at radius 1 is 0.828 bits per heavy atom. The molecular formula is C24H44NNaO2Si. The molecule has 0 heterocycles. The number of carboxylic acids is 1. The van der Waals surface area contributed by atoms with E-state index in [0.717, 1.165) is 12.2 Å². The third-order valence-electron chi connectivity index (χ3n) is 5.70. The van der Waals surface area contributed by atoms with Crippen LogP contribution >= 0.6 is 0 Å². The normalized spacial score (nSPS) is 11.1. The third kappa shape index (κ3) is 15.2. The average Bonchev–Trinajstić information content (AvgIpc) is 2.67. The molecule has 0 fully saturated rings. The number of carboxylic acid groups (broad SMARTS) is 1. The molecule has 0 aliphatic heterocycles. The maximum absolute atomic E-state index is 10.9. The summed E-state index contributed by atoms with van der Waals surface area (Å²) in [6.07, 6.45) is 15.4. The summed E-state index contributed by atoms with van der Waals surface area (Å²) in [7, 11) is -1.07. The molecule has 3 nitrogen and oxygen atoms in total. The van der Waals surface area contributed by atoms with Crippen LogP contribution in [-0.2, 0) is 0 Å². The second kappa shape index (κ2) is 17.4. The number of aromatic carboxylic acids is 1. The Morgan fingerprint density at radius 3 is 1.83 bits per heavy atom. The molecule has 0 amide bonds. The van der Waals surface area contributed by atoms with Crippen LogP contribution in [0.1, 0.15) is 87.9 Å². The Hall–Kier alpha value is -0.293. The van der Waals surface area contributed by atoms with Gasteiger partial charge in [-0.25, -0.2) is 4.79 Å². The molecule has 0 atom stereocenters. The van der Waals surface area contributed by atoms with E-state index in [-0.39, 0.29) is 29.6 Å². The van der Waals surface area contributed by atoms with E-state index in [1.54, 1.807) is 12.1 Å². The van der Waals surface area contributed by atoms with Crippen LogP contribution in [0.2, 0.25) is 25.2 Å². The Kier molecular flexibility index (Phi) is 17.2. The SMILES string of the molecule is CCCCCCCCCCCC[Si](C)(C)CCCNc1ccc(C(=O)O)cc1.[NaH]. The first-order valence-corrected chi connectivity index (χ1v) is 14.9. The number of carbonyl (C=O) groups is 1. The van der Waals surface area contributed by atoms with Crippen molar-refractivity contribution in [3.63, 3.8) is 0 Å². The van der Waals surface area contributed by atoms with Crippen molar-refractivity contribution in [2.45, 2.75) is 103 Å². The summed E-state index contributed by atoms with van der Waals surface area (Å²) in [4.78, 5) is 10.9. The van der Waals surface area contributed by atoms with Crippen LogP contribution in [0.25, 0.3) is 0 Å². The second-order valence-electron chi connectivity index (χ2n) is 9.01. The van der Waals surface area contributed by atoms with Crippen molar-refractivity contribution in [1.29, 1.82) is 0 Å². The minimum absolute atomic E-state index is 0. The van der Waals surface area contributed by atoms with Crippen molar-refractivity contribution in [3.8, 4) is 0 Å². The van der Waals surface area contributed by atoms with Crippen molar-refractivity contribution in [2.75, 3.05) is 11.9 Å². The second-order valence-corrected chi connectivity index (χ2v) is 14.3. The zero-order chi connectivity index (χ0) is 20.7. The zero-order valence-corrected chi connectivity index (χ0v) is 19.6. The first-order chi connectivity index (χ1) is 13.4. The molecule has 0 spiro atoms. The van der Waals surface area contributed by atoms with Gasteiger partial charge in [0.15, 0.2) is 0 Å². The summed E-state index contributed by atoms with van der Waals surface area (Å²) in [6, 6.07) is 9.86. The molecular weight excluding hydrogens is 385 g/mol. The molecule has 0 aromatic heterocycles. The van der Waals surface area contributed by atoms with Crippen LogP contribution < -0.4 is 5.32 Å². The molecule has 5 heteroatoms. The Morgan fingerprint density at radius 2 is 1.31 bits per heavy atom. The minimum atomic E-state index is -1.07. The quantitative estimate of drug-likeness (QED) is 0.204. The fourth-order valence-electron chi connectivity index (χ4n) is 3.75. The predicted molar refractivity (Wildman–Crippen MR) is 133 cm³/mol. The molecule has 1 aromatic carbocycles.